The van der Waals surface area contributed by atoms with Crippen molar-refractivity contribution in [2.75, 3.05) is 0 Å². The number of aromatic amines is 1. The second-order valence-electron chi connectivity index (χ2n) is 4.26. The molecule has 2 aromatic heterocycles. The Morgan fingerprint density at radius 1 is 1.39 bits per heavy atom. The minimum atomic E-state index is 0.708. The van der Waals surface area contributed by atoms with Crippen molar-refractivity contribution >= 4 is 22.6 Å². The van der Waals surface area contributed by atoms with Gasteiger partial charge in [-0.15, -0.1) is 0 Å². The molecule has 2 heterocycles. The van der Waals surface area contributed by atoms with Crippen molar-refractivity contribution in [1.82, 2.24) is 19.7 Å². The van der Waals surface area contributed by atoms with Crippen molar-refractivity contribution in [2.24, 2.45) is 7.05 Å². The smallest absolute Gasteiger partial charge is 0.141 e. The lowest BCUT2D eigenvalue weighted by Gasteiger charge is -1.93. The van der Waals surface area contributed by atoms with E-state index in [1.54, 1.807) is 0 Å². The molecule has 5 heteroatoms. The van der Waals surface area contributed by atoms with Crippen molar-refractivity contribution < 1.29 is 0 Å². The summed E-state index contributed by atoms with van der Waals surface area (Å²) in [5.74, 6) is 0.845. The Hall–Kier alpha value is -1.81. The second-order valence-corrected chi connectivity index (χ2v) is 4.70. The molecule has 18 heavy (non-hydrogen) atoms. The minimum Gasteiger partial charge on any atom is -0.338 e. The number of hydrogen-bond donors (Lipinski definition) is 1. The molecule has 0 fully saturated rings. The van der Waals surface area contributed by atoms with Crippen molar-refractivity contribution in [3.05, 3.63) is 35.1 Å². The van der Waals surface area contributed by atoms with Crippen LogP contribution in [-0.4, -0.2) is 19.7 Å². The monoisotopic (exact) mass is 260 g/mol. The van der Waals surface area contributed by atoms with E-state index in [-0.39, 0.29) is 0 Å². The first-order chi connectivity index (χ1) is 8.67. The van der Waals surface area contributed by atoms with Crippen LogP contribution in [0.1, 0.15) is 12.6 Å². The highest BCUT2D eigenvalue weighted by Gasteiger charge is 2.12. The van der Waals surface area contributed by atoms with Gasteiger partial charge in [0.15, 0.2) is 0 Å². The summed E-state index contributed by atoms with van der Waals surface area (Å²) >= 11 is 5.97. The average Bonchev–Trinajstić information content (AvgIpc) is 2.91. The van der Waals surface area contributed by atoms with Gasteiger partial charge in [0.05, 0.1) is 22.3 Å². The van der Waals surface area contributed by atoms with E-state index >= 15 is 0 Å². The summed E-state index contributed by atoms with van der Waals surface area (Å²) in [6.07, 6.45) is 2.87. The van der Waals surface area contributed by atoms with Crippen molar-refractivity contribution in [1.29, 1.82) is 0 Å². The summed E-state index contributed by atoms with van der Waals surface area (Å²) in [5, 5.41) is 5.13. The number of fused-ring (bicyclic) bond motifs is 1. The Labute approximate surface area is 110 Å². The molecule has 0 aliphatic carbocycles. The summed E-state index contributed by atoms with van der Waals surface area (Å²) in [5.41, 5.74) is 3.96. The predicted molar refractivity (Wildman–Crippen MR) is 72.7 cm³/mol. The molecular weight excluding hydrogens is 248 g/mol. The predicted octanol–water partition coefficient (Wildman–Crippen LogP) is 3.18. The van der Waals surface area contributed by atoms with Crippen LogP contribution in [0.25, 0.3) is 22.4 Å². The van der Waals surface area contributed by atoms with Crippen LogP contribution >= 0.6 is 11.6 Å². The van der Waals surface area contributed by atoms with E-state index in [0.29, 0.717) is 5.02 Å². The van der Waals surface area contributed by atoms with Gasteiger partial charge in [-0.1, -0.05) is 18.5 Å². The third-order valence-corrected chi connectivity index (χ3v) is 3.17. The Bertz CT molecular complexity index is 711. The largest absolute Gasteiger partial charge is 0.338 e. The van der Waals surface area contributed by atoms with Crippen LogP contribution in [0.15, 0.2) is 24.4 Å². The third-order valence-electron chi connectivity index (χ3n) is 2.94. The van der Waals surface area contributed by atoms with Crippen LogP contribution in [0, 0.1) is 0 Å². The number of imidazole rings is 1. The standard InChI is InChI=1S/C13H13ClN4/c1-3-10-9(7-18(2)17-10)13-15-11-5-4-8(14)6-12(11)16-13/h4-7H,3H2,1-2H3,(H,15,16). The van der Waals surface area contributed by atoms with Crippen LogP contribution in [-0.2, 0) is 13.5 Å². The first-order valence-corrected chi connectivity index (χ1v) is 6.23. The molecule has 1 aromatic carbocycles. The lowest BCUT2D eigenvalue weighted by molar-refractivity contribution is 0.746. The normalized spacial score (nSPS) is 11.3. The fourth-order valence-electron chi connectivity index (χ4n) is 2.10. The molecule has 0 atom stereocenters. The highest BCUT2D eigenvalue weighted by Crippen LogP contribution is 2.25. The molecule has 0 bridgehead atoms. The fraction of sp³-hybridized carbons (Fsp3) is 0.231. The molecule has 92 valence electrons. The summed E-state index contributed by atoms with van der Waals surface area (Å²) in [6.45, 7) is 2.09. The average molecular weight is 261 g/mol. The lowest BCUT2D eigenvalue weighted by Crippen LogP contribution is -1.89. The number of halogens is 1. The second kappa shape index (κ2) is 4.14. The Morgan fingerprint density at radius 2 is 2.22 bits per heavy atom. The van der Waals surface area contributed by atoms with Gasteiger partial charge in [0.1, 0.15) is 5.82 Å². The number of hydrogen-bond acceptors (Lipinski definition) is 2. The molecule has 3 aromatic rings. The molecule has 3 rings (SSSR count). The van der Waals surface area contributed by atoms with Crippen molar-refractivity contribution in [2.45, 2.75) is 13.3 Å². The Morgan fingerprint density at radius 3 is 3.00 bits per heavy atom. The molecule has 0 spiro atoms. The van der Waals surface area contributed by atoms with E-state index in [1.807, 2.05) is 36.1 Å². The number of aryl methyl sites for hydroxylation is 2. The highest BCUT2D eigenvalue weighted by molar-refractivity contribution is 6.31. The van der Waals surface area contributed by atoms with Crippen LogP contribution < -0.4 is 0 Å². The summed E-state index contributed by atoms with van der Waals surface area (Å²) in [7, 11) is 1.92. The molecular formula is C13H13ClN4. The quantitative estimate of drug-likeness (QED) is 0.769. The summed E-state index contributed by atoms with van der Waals surface area (Å²) < 4.78 is 1.81. The van der Waals surface area contributed by atoms with Gasteiger partial charge < -0.3 is 4.98 Å². The van der Waals surface area contributed by atoms with Crippen molar-refractivity contribution in [3.63, 3.8) is 0 Å². The summed E-state index contributed by atoms with van der Waals surface area (Å²) in [6, 6.07) is 5.65. The van der Waals surface area contributed by atoms with Crippen LogP contribution in [0.2, 0.25) is 5.02 Å². The molecule has 0 unspecified atom stereocenters. The highest BCUT2D eigenvalue weighted by atomic mass is 35.5. The van der Waals surface area contributed by atoms with Gasteiger partial charge in [-0.2, -0.15) is 5.10 Å². The lowest BCUT2D eigenvalue weighted by atomic mass is 10.2. The number of rotatable bonds is 2. The third kappa shape index (κ3) is 1.78. The van der Waals surface area contributed by atoms with Gasteiger partial charge in [-0.05, 0) is 24.6 Å². The fourth-order valence-corrected chi connectivity index (χ4v) is 2.27. The van der Waals surface area contributed by atoms with E-state index < -0.39 is 0 Å². The van der Waals surface area contributed by atoms with Gasteiger partial charge in [-0.3, -0.25) is 4.68 Å². The number of aromatic nitrogens is 4. The zero-order valence-electron chi connectivity index (χ0n) is 10.2. The van der Waals surface area contributed by atoms with Crippen LogP contribution in [0.5, 0.6) is 0 Å². The van der Waals surface area contributed by atoms with Crippen LogP contribution in [0.3, 0.4) is 0 Å². The van der Waals surface area contributed by atoms with E-state index in [0.717, 1.165) is 34.5 Å². The van der Waals surface area contributed by atoms with E-state index in [1.165, 1.54) is 0 Å². The summed E-state index contributed by atoms with van der Waals surface area (Å²) in [4.78, 5) is 7.87. The molecule has 1 N–H and O–H groups in total. The first-order valence-electron chi connectivity index (χ1n) is 5.85. The number of nitrogens with zero attached hydrogens (tertiary/aromatic N) is 3. The molecule has 0 aliphatic heterocycles. The maximum absolute atomic E-state index is 5.97. The molecule has 0 radical (unpaired) electrons. The van der Waals surface area contributed by atoms with E-state index in [9.17, 15) is 0 Å². The zero-order chi connectivity index (χ0) is 12.7. The van der Waals surface area contributed by atoms with Gasteiger partial charge in [0, 0.05) is 18.3 Å². The molecule has 0 amide bonds. The number of benzene rings is 1. The number of H-pyrrole nitrogens is 1. The van der Waals surface area contributed by atoms with Gasteiger partial charge in [0.25, 0.3) is 0 Å². The van der Waals surface area contributed by atoms with Crippen molar-refractivity contribution in [3.8, 4) is 11.4 Å². The van der Waals surface area contributed by atoms with Crippen LogP contribution in [0.4, 0.5) is 0 Å². The van der Waals surface area contributed by atoms with Gasteiger partial charge >= 0.3 is 0 Å². The maximum atomic E-state index is 5.97. The van der Waals surface area contributed by atoms with E-state index in [4.69, 9.17) is 11.6 Å². The SMILES string of the molecule is CCc1nn(C)cc1-c1nc2ccc(Cl)cc2[nH]1. The molecule has 0 saturated heterocycles. The molecule has 0 aliphatic rings. The Kier molecular flexibility index (Phi) is 2.59. The minimum absolute atomic E-state index is 0.708. The zero-order valence-corrected chi connectivity index (χ0v) is 11.0. The maximum Gasteiger partial charge on any atom is 0.141 e. The van der Waals surface area contributed by atoms with E-state index in [2.05, 4.69) is 22.0 Å². The molecule has 4 nitrogen and oxygen atoms in total. The topological polar surface area (TPSA) is 46.5 Å². The first kappa shape index (κ1) is 11.3. The van der Waals surface area contributed by atoms with Gasteiger partial charge in [0.2, 0.25) is 0 Å². The number of nitrogens with one attached hydrogen (secondary N) is 1. The van der Waals surface area contributed by atoms with Gasteiger partial charge in [-0.25, -0.2) is 4.98 Å². The Balaban J connectivity index is 2.18. The molecule has 0 saturated carbocycles.